The molecule has 22 heavy (non-hydrogen) atoms. The molecule has 1 N–H and O–H groups in total. The van der Waals surface area contributed by atoms with E-state index in [9.17, 15) is 4.79 Å². The molecule has 0 amide bonds. The van der Waals surface area contributed by atoms with Crippen molar-refractivity contribution in [1.82, 2.24) is 9.78 Å². The first kappa shape index (κ1) is 14.1. The zero-order valence-electron chi connectivity index (χ0n) is 12.0. The van der Waals surface area contributed by atoms with E-state index in [-0.39, 0.29) is 6.42 Å². The summed E-state index contributed by atoms with van der Waals surface area (Å²) < 4.78 is 1.77. The van der Waals surface area contributed by atoms with E-state index < -0.39 is 5.97 Å². The van der Waals surface area contributed by atoms with Crippen LogP contribution < -0.4 is 0 Å². The first-order chi connectivity index (χ1) is 10.7. The number of carboxylic acids is 1. The van der Waals surface area contributed by atoms with Gasteiger partial charge in [-0.15, -0.1) is 0 Å². The number of benzene rings is 2. The molecule has 0 aliphatic carbocycles. The minimum Gasteiger partial charge on any atom is -0.481 e. The maximum absolute atomic E-state index is 10.9. The van der Waals surface area contributed by atoms with Crippen LogP contribution in [-0.2, 0) is 11.3 Å². The first-order valence-electron chi connectivity index (χ1n) is 7.14. The van der Waals surface area contributed by atoms with Crippen molar-refractivity contribution >= 4 is 5.97 Å². The fraction of sp³-hybridized carbons (Fsp3) is 0.111. The van der Waals surface area contributed by atoms with Crippen molar-refractivity contribution in [3.8, 4) is 22.5 Å². The Morgan fingerprint density at radius 2 is 1.55 bits per heavy atom. The number of aliphatic carboxylic acids is 1. The van der Waals surface area contributed by atoms with Crippen molar-refractivity contribution in [2.45, 2.75) is 13.0 Å². The van der Waals surface area contributed by atoms with E-state index in [1.165, 1.54) is 0 Å². The molecule has 2 aromatic carbocycles. The number of aryl methyl sites for hydroxylation is 1. The summed E-state index contributed by atoms with van der Waals surface area (Å²) in [7, 11) is 0. The summed E-state index contributed by atoms with van der Waals surface area (Å²) >= 11 is 0. The van der Waals surface area contributed by atoms with E-state index in [2.05, 4.69) is 5.10 Å². The molecule has 0 bridgehead atoms. The molecule has 0 aliphatic heterocycles. The van der Waals surface area contributed by atoms with E-state index in [1.807, 2.05) is 66.7 Å². The van der Waals surface area contributed by atoms with Gasteiger partial charge in [0, 0.05) is 5.56 Å². The molecule has 110 valence electrons. The zero-order valence-corrected chi connectivity index (χ0v) is 12.0. The van der Waals surface area contributed by atoms with Crippen LogP contribution in [0.15, 0.2) is 66.7 Å². The second-order valence-electron chi connectivity index (χ2n) is 5.01. The first-order valence-corrected chi connectivity index (χ1v) is 7.14. The molecule has 4 heteroatoms. The summed E-state index contributed by atoms with van der Waals surface area (Å²) in [6.45, 7) is 0.354. The number of rotatable bonds is 5. The standard InChI is InChI=1S/C18H16N2O2/c21-18(22)11-12-20-17(15-9-5-2-6-10-15)13-16(19-20)14-7-3-1-4-8-14/h1-10,13H,11-12H2,(H,21,22). The highest BCUT2D eigenvalue weighted by Gasteiger charge is 2.12. The Balaban J connectivity index is 2.03. The predicted molar refractivity (Wildman–Crippen MR) is 85.4 cm³/mol. The monoisotopic (exact) mass is 292 g/mol. The molecule has 0 aliphatic rings. The molecule has 0 radical (unpaired) electrons. The van der Waals surface area contributed by atoms with Crippen LogP contribution in [0.2, 0.25) is 0 Å². The van der Waals surface area contributed by atoms with Crippen molar-refractivity contribution in [3.05, 3.63) is 66.7 Å². The summed E-state index contributed by atoms with van der Waals surface area (Å²) in [5, 5.41) is 13.5. The van der Waals surface area contributed by atoms with Crippen molar-refractivity contribution in [2.75, 3.05) is 0 Å². The van der Waals surface area contributed by atoms with E-state index in [0.717, 1.165) is 22.5 Å². The zero-order chi connectivity index (χ0) is 15.4. The molecule has 0 atom stereocenters. The Bertz CT molecular complexity index is 764. The Kier molecular flexibility index (Phi) is 4.01. The largest absolute Gasteiger partial charge is 0.481 e. The number of hydrogen-bond acceptors (Lipinski definition) is 2. The molecule has 1 heterocycles. The van der Waals surface area contributed by atoms with Gasteiger partial charge in [0.05, 0.1) is 24.4 Å². The quantitative estimate of drug-likeness (QED) is 0.780. The van der Waals surface area contributed by atoms with Gasteiger partial charge in [-0.3, -0.25) is 9.48 Å². The molecular formula is C18H16N2O2. The van der Waals surface area contributed by atoms with Crippen molar-refractivity contribution in [3.63, 3.8) is 0 Å². The normalized spacial score (nSPS) is 10.5. The lowest BCUT2D eigenvalue weighted by Gasteiger charge is -2.05. The minimum atomic E-state index is -0.823. The van der Waals surface area contributed by atoms with E-state index in [0.29, 0.717) is 6.54 Å². The van der Waals surface area contributed by atoms with Crippen LogP contribution in [0.5, 0.6) is 0 Å². The fourth-order valence-electron chi connectivity index (χ4n) is 2.38. The molecule has 1 aromatic heterocycles. The van der Waals surface area contributed by atoms with Gasteiger partial charge in [0.15, 0.2) is 0 Å². The number of nitrogens with zero attached hydrogens (tertiary/aromatic N) is 2. The fourth-order valence-corrected chi connectivity index (χ4v) is 2.38. The Morgan fingerprint density at radius 1 is 0.955 bits per heavy atom. The van der Waals surface area contributed by atoms with E-state index in [4.69, 9.17) is 5.11 Å². The molecule has 0 fully saturated rings. The topological polar surface area (TPSA) is 55.1 Å². The summed E-state index contributed by atoms with van der Waals surface area (Å²) in [6, 6.07) is 21.8. The molecule has 0 unspecified atom stereocenters. The average Bonchev–Trinajstić information content (AvgIpc) is 2.99. The molecule has 4 nitrogen and oxygen atoms in total. The lowest BCUT2D eigenvalue weighted by Crippen LogP contribution is -2.07. The molecular weight excluding hydrogens is 276 g/mol. The predicted octanol–water partition coefficient (Wildman–Crippen LogP) is 3.69. The highest BCUT2D eigenvalue weighted by molar-refractivity contribution is 5.69. The molecule has 0 saturated heterocycles. The SMILES string of the molecule is O=C(O)CCn1nc(-c2ccccc2)cc1-c1ccccc1. The lowest BCUT2D eigenvalue weighted by molar-refractivity contribution is -0.137. The smallest absolute Gasteiger partial charge is 0.305 e. The lowest BCUT2D eigenvalue weighted by atomic mass is 10.1. The Hall–Kier alpha value is -2.88. The maximum atomic E-state index is 10.9. The summed E-state index contributed by atoms with van der Waals surface area (Å²) in [4.78, 5) is 10.9. The second kappa shape index (κ2) is 6.26. The average molecular weight is 292 g/mol. The molecule has 3 rings (SSSR count). The number of carbonyl (C=O) groups is 1. The van der Waals surface area contributed by atoms with Crippen LogP contribution in [0.25, 0.3) is 22.5 Å². The van der Waals surface area contributed by atoms with Crippen LogP contribution in [0, 0.1) is 0 Å². The van der Waals surface area contributed by atoms with E-state index in [1.54, 1.807) is 4.68 Å². The summed E-state index contributed by atoms with van der Waals surface area (Å²) in [5.41, 5.74) is 3.84. The van der Waals surface area contributed by atoms with Crippen LogP contribution >= 0.6 is 0 Å². The van der Waals surface area contributed by atoms with Gasteiger partial charge in [0.25, 0.3) is 0 Å². The van der Waals surface area contributed by atoms with E-state index >= 15 is 0 Å². The summed E-state index contributed by atoms with van der Waals surface area (Å²) in [6.07, 6.45) is 0.0513. The van der Waals surface area contributed by atoms with Gasteiger partial charge in [-0.1, -0.05) is 60.7 Å². The number of carboxylic acid groups (broad SMARTS) is 1. The van der Waals surface area contributed by atoms with Gasteiger partial charge in [-0.05, 0) is 11.6 Å². The molecule has 3 aromatic rings. The van der Waals surface area contributed by atoms with Crippen LogP contribution in [0.1, 0.15) is 6.42 Å². The van der Waals surface area contributed by atoms with Crippen molar-refractivity contribution in [2.24, 2.45) is 0 Å². The van der Waals surface area contributed by atoms with Crippen molar-refractivity contribution < 1.29 is 9.90 Å². The van der Waals surface area contributed by atoms with Crippen LogP contribution in [-0.4, -0.2) is 20.9 Å². The Labute approximate surface area is 128 Å². The third kappa shape index (κ3) is 3.06. The third-order valence-electron chi connectivity index (χ3n) is 3.46. The van der Waals surface area contributed by atoms with Gasteiger partial charge >= 0.3 is 5.97 Å². The third-order valence-corrected chi connectivity index (χ3v) is 3.46. The van der Waals surface area contributed by atoms with Crippen molar-refractivity contribution in [1.29, 1.82) is 0 Å². The van der Waals surface area contributed by atoms with Gasteiger partial charge < -0.3 is 5.11 Å². The number of aromatic nitrogens is 2. The van der Waals surface area contributed by atoms with Crippen LogP contribution in [0.3, 0.4) is 0 Å². The highest BCUT2D eigenvalue weighted by atomic mass is 16.4. The highest BCUT2D eigenvalue weighted by Crippen LogP contribution is 2.26. The van der Waals surface area contributed by atoms with Gasteiger partial charge in [-0.25, -0.2) is 0 Å². The molecule has 0 saturated carbocycles. The van der Waals surface area contributed by atoms with Crippen LogP contribution in [0.4, 0.5) is 0 Å². The second-order valence-corrected chi connectivity index (χ2v) is 5.01. The number of hydrogen-bond donors (Lipinski definition) is 1. The van der Waals surface area contributed by atoms with Gasteiger partial charge in [0.1, 0.15) is 0 Å². The van der Waals surface area contributed by atoms with Gasteiger partial charge in [-0.2, -0.15) is 5.10 Å². The maximum Gasteiger partial charge on any atom is 0.305 e. The summed E-state index contributed by atoms with van der Waals surface area (Å²) in [5.74, 6) is -0.823. The minimum absolute atomic E-state index is 0.0513. The Morgan fingerprint density at radius 3 is 2.14 bits per heavy atom. The van der Waals surface area contributed by atoms with Gasteiger partial charge in [0.2, 0.25) is 0 Å². The molecule has 0 spiro atoms.